The third-order valence-electron chi connectivity index (χ3n) is 4.12. The van der Waals surface area contributed by atoms with Gasteiger partial charge in [-0.1, -0.05) is 38.5 Å². The Morgan fingerprint density at radius 1 is 1.08 bits per heavy atom. The Bertz CT molecular complexity index is 437. The van der Waals surface area contributed by atoms with Gasteiger partial charge in [0.2, 0.25) is 10.0 Å². The zero-order valence-electron chi connectivity index (χ0n) is 15.1. The largest absolute Gasteiger partial charge is 0.357 e. The number of sulfonamides is 1. The van der Waals surface area contributed by atoms with Gasteiger partial charge < -0.3 is 10.6 Å². The minimum absolute atomic E-state index is 0. The molecule has 1 aliphatic rings. The average Bonchev–Trinajstić information content (AvgIpc) is 2.98. The minimum Gasteiger partial charge on any atom is -0.357 e. The molecular formula is C16H35IN4O2S. The number of rotatable bonds is 11. The second-order valence-electron chi connectivity index (χ2n) is 6.35. The van der Waals surface area contributed by atoms with E-state index in [-0.39, 0.29) is 24.0 Å². The van der Waals surface area contributed by atoms with Crippen LogP contribution < -0.4 is 15.4 Å². The normalized spacial score (nSPS) is 16.0. The van der Waals surface area contributed by atoms with Crippen LogP contribution in [-0.4, -0.2) is 46.8 Å². The van der Waals surface area contributed by atoms with E-state index in [4.69, 9.17) is 0 Å². The second kappa shape index (κ2) is 14.1. The number of nitrogens with one attached hydrogen (secondary N) is 3. The Hall–Kier alpha value is -0.0900. The number of hydrogen-bond donors (Lipinski definition) is 3. The van der Waals surface area contributed by atoms with E-state index < -0.39 is 10.0 Å². The van der Waals surface area contributed by atoms with Crippen LogP contribution in [0.1, 0.15) is 58.3 Å². The predicted octanol–water partition coefficient (Wildman–Crippen LogP) is 2.46. The Kier molecular flexibility index (Phi) is 14.1. The lowest BCUT2D eigenvalue weighted by atomic mass is 10.0. The van der Waals surface area contributed by atoms with Crippen molar-refractivity contribution in [3.05, 3.63) is 0 Å². The molecule has 3 N–H and O–H groups in total. The summed E-state index contributed by atoms with van der Waals surface area (Å²) in [5, 5.41) is 6.58. The first-order valence-corrected chi connectivity index (χ1v) is 10.9. The molecule has 8 heteroatoms. The molecule has 0 bridgehead atoms. The summed E-state index contributed by atoms with van der Waals surface area (Å²) in [5.74, 6) is 1.80. The average molecular weight is 474 g/mol. The molecule has 0 unspecified atom stereocenters. The van der Waals surface area contributed by atoms with Crippen LogP contribution >= 0.6 is 24.0 Å². The highest BCUT2D eigenvalue weighted by atomic mass is 127. The molecule has 144 valence electrons. The maximum atomic E-state index is 11.0. The van der Waals surface area contributed by atoms with E-state index in [1.807, 2.05) is 6.92 Å². The minimum atomic E-state index is -3.09. The number of nitrogens with zero attached hydrogens (tertiary/aromatic N) is 1. The molecule has 6 nitrogen and oxygen atoms in total. The van der Waals surface area contributed by atoms with Gasteiger partial charge in [-0.2, -0.15) is 0 Å². The summed E-state index contributed by atoms with van der Waals surface area (Å²) in [4.78, 5) is 4.47. The highest BCUT2D eigenvalue weighted by molar-refractivity contribution is 14.0. The molecular weight excluding hydrogens is 439 g/mol. The van der Waals surface area contributed by atoms with E-state index in [1.54, 1.807) is 0 Å². The number of aliphatic imine (C=N–C) groups is 1. The van der Waals surface area contributed by atoms with Crippen molar-refractivity contribution in [3.63, 3.8) is 0 Å². The van der Waals surface area contributed by atoms with Crippen molar-refractivity contribution in [2.45, 2.75) is 58.3 Å². The van der Waals surface area contributed by atoms with Gasteiger partial charge >= 0.3 is 0 Å². The monoisotopic (exact) mass is 474 g/mol. The summed E-state index contributed by atoms with van der Waals surface area (Å²) < 4.78 is 24.4. The predicted molar refractivity (Wildman–Crippen MR) is 113 cm³/mol. The lowest BCUT2D eigenvalue weighted by Crippen LogP contribution is -2.38. The first-order chi connectivity index (χ1) is 11.0. The first-order valence-electron chi connectivity index (χ1n) is 8.98. The molecule has 0 saturated heterocycles. The summed E-state index contributed by atoms with van der Waals surface area (Å²) >= 11 is 0. The number of unbranched alkanes of at least 4 members (excludes halogenated alkanes) is 1. The zero-order chi connectivity index (χ0) is 17.0. The van der Waals surface area contributed by atoms with Crippen LogP contribution in [0.5, 0.6) is 0 Å². The van der Waals surface area contributed by atoms with Gasteiger partial charge in [0.25, 0.3) is 0 Å². The van der Waals surface area contributed by atoms with Gasteiger partial charge in [-0.3, -0.25) is 4.99 Å². The van der Waals surface area contributed by atoms with Crippen molar-refractivity contribution in [2.75, 3.05) is 32.4 Å². The standard InChI is InChI=1S/C16H34N4O2S.HI/c1-3-17-16(19-13-8-14-20-23(2,21)22)18-12-7-6-11-15-9-4-5-10-15;/h15,20H,3-14H2,1-2H3,(H2,17,18,19);1H. The number of guanidine groups is 1. The lowest BCUT2D eigenvalue weighted by Gasteiger charge is -2.12. The maximum absolute atomic E-state index is 11.0. The molecule has 0 heterocycles. The van der Waals surface area contributed by atoms with Gasteiger partial charge in [0.15, 0.2) is 5.96 Å². The Balaban J connectivity index is 0.00000529. The quantitative estimate of drug-likeness (QED) is 0.186. The zero-order valence-corrected chi connectivity index (χ0v) is 18.3. The van der Waals surface area contributed by atoms with Gasteiger partial charge in [0.05, 0.1) is 6.26 Å². The maximum Gasteiger partial charge on any atom is 0.208 e. The van der Waals surface area contributed by atoms with Crippen LogP contribution in [0.3, 0.4) is 0 Å². The summed E-state index contributed by atoms with van der Waals surface area (Å²) in [6, 6.07) is 0. The molecule has 0 aromatic rings. The molecule has 0 spiro atoms. The number of hydrogen-bond acceptors (Lipinski definition) is 3. The fourth-order valence-electron chi connectivity index (χ4n) is 2.93. The van der Waals surface area contributed by atoms with Crippen LogP contribution in [0, 0.1) is 5.92 Å². The van der Waals surface area contributed by atoms with E-state index >= 15 is 0 Å². The molecule has 1 saturated carbocycles. The molecule has 1 aliphatic carbocycles. The summed E-state index contributed by atoms with van der Waals surface area (Å²) in [6.07, 6.45) is 11.4. The highest BCUT2D eigenvalue weighted by Crippen LogP contribution is 2.28. The van der Waals surface area contributed by atoms with E-state index in [2.05, 4.69) is 20.3 Å². The van der Waals surface area contributed by atoms with Crippen molar-refractivity contribution >= 4 is 40.0 Å². The highest BCUT2D eigenvalue weighted by Gasteiger charge is 2.13. The summed E-state index contributed by atoms with van der Waals surface area (Å²) in [7, 11) is -3.09. The van der Waals surface area contributed by atoms with Crippen molar-refractivity contribution < 1.29 is 8.42 Å². The molecule has 24 heavy (non-hydrogen) atoms. The van der Waals surface area contributed by atoms with Crippen LogP contribution in [0.4, 0.5) is 0 Å². The SMILES string of the molecule is CCNC(=NCCCNS(C)(=O)=O)NCCCCC1CCCC1.I. The van der Waals surface area contributed by atoms with Crippen LogP contribution in [0.2, 0.25) is 0 Å². The molecule has 0 atom stereocenters. The molecule has 0 amide bonds. The van der Waals surface area contributed by atoms with Gasteiger partial charge in [0.1, 0.15) is 0 Å². The van der Waals surface area contributed by atoms with E-state index in [9.17, 15) is 8.42 Å². The molecule has 0 aliphatic heterocycles. The number of halogens is 1. The van der Waals surface area contributed by atoms with Crippen molar-refractivity contribution in [1.29, 1.82) is 0 Å². The fraction of sp³-hybridized carbons (Fsp3) is 0.938. The topological polar surface area (TPSA) is 82.6 Å². The Morgan fingerprint density at radius 2 is 1.79 bits per heavy atom. The van der Waals surface area contributed by atoms with Gasteiger partial charge in [0, 0.05) is 26.2 Å². The third kappa shape index (κ3) is 13.2. The molecule has 1 rings (SSSR count). The van der Waals surface area contributed by atoms with Crippen molar-refractivity contribution in [2.24, 2.45) is 10.9 Å². The fourth-order valence-corrected chi connectivity index (χ4v) is 3.45. The van der Waals surface area contributed by atoms with Crippen LogP contribution in [-0.2, 0) is 10.0 Å². The van der Waals surface area contributed by atoms with Crippen molar-refractivity contribution in [1.82, 2.24) is 15.4 Å². The Morgan fingerprint density at radius 3 is 2.42 bits per heavy atom. The molecule has 1 fully saturated rings. The summed E-state index contributed by atoms with van der Waals surface area (Å²) in [5.41, 5.74) is 0. The van der Waals surface area contributed by atoms with Crippen LogP contribution in [0.15, 0.2) is 4.99 Å². The second-order valence-corrected chi connectivity index (χ2v) is 8.19. The van der Waals surface area contributed by atoms with E-state index in [0.29, 0.717) is 19.5 Å². The lowest BCUT2D eigenvalue weighted by molar-refractivity contribution is 0.472. The molecule has 0 aromatic heterocycles. The van der Waals surface area contributed by atoms with E-state index in [1.165, 1.54) is 51.2 Å². The van der Waals surface area contributed by atoms with Gasteiger partial charge in [-0.15, -0.1) is 24.0 Å². The third-order valence-corrected chi connectivity index (χ3v) is 4.85. The smallest absolute Gasteiger partial charge is 0.208 e. The van der Waals surface area contributed by atoms with Gasteiger partial charge in [-0.25, -0.2) is 13.1 Å². The summed E-state index contributed by atoms with van der Waals surface area (Å²) in [6.45, 7) is 4.86. The van der Waals surface area contributed by atoms with Gasteiger partial charge in [-0.05, 0) is 25.7 Å². The van der Waals surface area contributed by atoms with Crippen LogP contribution in [0.25, 0.3) is 0 Å². The molecule has 0 aromatic carbocycles. The first kappa shape index (κ1) is 23.9. The Labute approximate surface area is 165 Å². The molecule has 0 radical (unpaired) electrons. The van der Waals surface area contributed by atoms with E-state index in [0.717, 1.165) is 25.0 Å². The van der Waals surface area contributed by atoms with Crippen molar-refractivity contribution in [3.8, 4) is 0 Å².